The fourth-order valence-electron chi connectivity index (χ4n) is 2.05. The first-order chi connectivity index (χ1) is 9.28. The number of benzene rings is 2. The van der Waals surface area contributed by atoms with E-state index in [1.807, 2.05) is 0 Å². The van der Waals surface area contributed by atoms with Crippen LogP contribution in [0.4, 0.5) is 21.4 Å². The van der Waals surface area contributed by atoms with Crippen molar-refractivity contribution in [2.45, 2.75) is 13.8 Å². The van der Waals surface area contributed by atoms with Crippen LogP contribution in [0.5, 0.6) is 0 Å². The van der Waals surface area contributed by atoms with E-state index >= 15 is 0 Å². The zero-order valence-corrected chi connectivity index (χ0v) is 11.8. The molecule has 0 aliphatic rings. The normalized spacial score (nSPS) is 11.8. The average molecular weight is 302 g/mol. The van der Waals surface area contributed by atoms with Gasteiger partial charge in [0.2, 0.25) is 0 Å². The van der Waals surface area contributed by atoms with Crippen LogP contribution in [0.2, 0.25) is 0 Å². The molecule has 2 rings (SSSR count). The third-order valence-corrected chi connectivity index (χ3v) is 5.60. The minimum Gasteiger partial charge on any atom is -0.259 e. The van der Waals surface area contributed by atoms with Crippen molar-refractivity contribution < 1.29 is 21.4 Å². The summed E-state index contributed by atoms with van der Waals surface area (Å²) in [6, 6.07) is 6.68. The van der Waals surface area contributed by atoms with Crippen molar-refractivity contribution >= 4 is 19.1 Å². The molecule has 0 N–H and O–H groups in total. The summed E-state index contributed by atoms with van der Waals surface area (Å²) in [5.74, 6) is -5.04. The van der Waals surface area contributed by atoms with Gasteiger partial charge in [0.15, 0.2) is 17.5 Å². The van der Waals surface area contributed by atoms with E-state index in [0.717, 1.165) is 6.92 Å². The molecule has 0 heterocycles. The van der Waals surface area contributed by atoms with Gasteiger partial charge in [0.1, 0.15) is 0 Å². The molecule has 0 saturated carbocycles. The first-order valence-corrected chi connectivity index (χ1v) is 7.61. The molecule has 0 amide bonds. The third-order valence-electron chi connectivity index (χ3n) is 3.32. The Morgan fingerprint density at radius 1 is 0.750 bits per heavy atom. The van der Waals surface area contributed by atoms with Gasteiger partial charge in [0.05, 0.1) is 0 Å². The Labute approximate surface area is 114 Å². The maximum absolute atomic E-state index is 14.5. The van der Waals surface area contributed by atoms with Crippen LogP contribution in [0, 0.1) is 31.3 Å². The average Bonchev–Trinajstić information content (AvgIpc) is 2.44. The van der Waals surface area contributed by atoms with E-state index in [1.54, 1.807) is 6.07 Å². The van der Waals surface area contributed by atoms with Crippen LogP contribution >= 0.6 is 0 Å². The Kier molecular flexibility index (Phi) is 3.69. The minimum absolute atomic E-state index is 0.234. The van der Waals surface area contributed by atoms with Gasteiger partial charge in [-0.25, -0.2) is 13.2 Å². The van der Waals surface area contributed by atoms with Crippen molar-refractivity contribution in [1.29, 1.82) is 0 Å². The van der Waals surface area contributed by atoms with E-state index < -0.39 is 31.4 Å². The molecular weight excluding hydrogens is 291 g/mol. The molecule has 0 spiro atoms. The highest BCUT2D eigenvalue weighted by atomic mass is 28.4. The summed E-state index contributed by atoms with van der Waals surface area (Å²) in [5.41, 5.74) is -0.524. The fourth-order valence-corrected chi connectivity index (χ4v) is 4.00. The van der Waals surface area contributed by atoms with Gasteiger partial charge in [-0.15, -0.1) is 0 Å². The predicted molar refractivity (Wildman–Crippen MR) is 69.5 cm³/mol. The molecule has 0 aliphatic carbocycles. The minimum atomic E-state index is -5.41. The van der Waals surface area contributed by atoms with Crippen molar-refractivity contribution in [3.8, 4) is 0 Å². The van der Waals surface area contributed by atoms with Gasteiger partial charge in [0.25, 0.3) is 0 Å². The van der Waals surface area contributed by atoms with Crippen LogP contribution < -0.4 is 10.4 Å². The molecule has 6 heteroatoms. The molecule has 0 aliphatic heterocycles. The number of hydrogen-bond acceptors (Lipinski definition) is 0. The summed E-state index contributed by atoms with van der Waals surface area (Å²) in [6.07, 6.45) is 0. The van der Waals surface area contributed by atoms with Crippen molar-refractivity contribution in [2.24, 2.45) is 0 Å². The molecule has 0 atom stereocenters. The SMILES string of the molecule is Cc1c(C)c([Si](F)(F)c2ccccc2)c(F)c(F)c1F. The summed E-state index contributed by atoms with van der Waals surface area (Å²) in [5, 5.41) is -1.33. The molecule has 0 radical (unpaired) electrons. The van der Waals surface area contributed by atoms with Gasteiger partial charge in [-0.05, 0) is 25.0 Å². The van der Waals surface area contributed by atoms with E-state index in [4.69, 9.17) is 0 Å². The maximum Gasteiger partial charge on any atom is 0.490 e. The number of rotatable bonds is 2. The first-order valence-electron chi connectivity index (χ1n) is 5.86. The lowest BCUT2D eigenvalue weighted by molar-refractivity contribution is 0.444. The molecule has 106 valence electrons. The quantitative estimate of drug-likeness (QED) is 0.346. The van der Waals surface area contributed by atoms with E-state index in [0.29, 0.717) is 0 Å². The second kappa shape index (κ2) is 5.01. The lowest BCUT2D eigenvalue weighted by Crippen LogP contribution is -2.54. The second-order valence-corrected chi connectivity index (χ2v) is 6.73. The highest BCUT2D eigenvalue weighted by molar-refractivity contribution is 6.91. The molecule has 0 unspecified atom stereocenters. The van der Waals surface area contributed by atoms with E-state index in [-0.39, 0.29) is 16.3 Å². The van der Waals surface area contributed by atoms with Crippen molar-refractivity contribution in [2.75, 3.05) is 0 Å². The van der Waals surface area contributed by atoms with Gasteiger partial charge in [0, 0.05) is 10.4 Å². The van der Waals surface area contributed by atoms with Gasteiger partial charge in [-0.1, -0.05) is 30.3 Å². The van der Waals surface area contributed by atoms with Crippen LogP contribution in [0.15, 0.2) is 30.3 Å². The fraction of sp³-hybridized carbons (Fsp3) is 0.143. The Balaban J connectivity index is 2.76. The highest BCUT2D eigenvalue weighted by Gasteiger charge is 2.46. The summed E-state index contributed by atoms with van der Waals surface area (Å²) < 4.78 is 69.6. The monoisotopic (exact) mass is 302 g/mol. The van der Waals surface area contributed by atoms with Gasteiger partial charge < -0.3 is 0 Å². The molecule has 0 aromatic heterocycles. The number of halogens is 5. The third kappa shape index (κ3) is 2.13. The Hall–Kier alpha value is -1.69. The lowest BCUT2D eigenvalue weighted by Gasteiger charge is -2.19. The standard InChI is InChI=1S/C14H11F5Si/c1-8-9(2)14(13(17)12(16)11(8)15)20(18,19)10-6-4-3-5-7-10/h3-7H,1-2H3. The predicted octanol–water partition coefficient (Wildman–Crippen LogP) is 3.22. The van der Waals surface area contributed by atoms with E-state index in [9.17, 15) is 21.4 Å². The Morgan fingerprint density at radius 3 is 1.85 bits per heavy atom. The largest absolute Gasteiger partial charge is 0.490 e. The smallest absolute Gasteiger partial charge is 0.259 e. The van der Waals surface area contributed by atoms with Crippen molar-refractivity contribution in [3.63, 3.8) is 0 Å². The topological polar surface area (TPSA) is 0 Å². The maximum atomic E-state index is 14.5. The summed E-state index contributed by atoms with van der Waals surface area (Å²) in [4.78, 5) is 0. The number of hydrogen-bond donors (Lipinski definition) is 0. The summed E-state index contributed by atoms with van der Waals surface area (Å²) in [6.45, 7) is 2.34. The molecule has 2 aromatic rings. The Morgan fingerprint density at radius 2 is 1.30 bits per heavy atom. The first kappa shape index (κ1) is 14.7. The summed E-state index contributed by atoms with van der Waals surface area (Å²) >= 11 is 0. The van der Waals surface area contributed by atoms with Crippen LogP contribution in [0.25, 0.3) is 0 Å². The highest BCUT2D eigenvalue weighted by Crippen LogP contribution is 2.22. The Bertz CT molecular complexity index is 623. The van der Waals surface area contributed by atoms with Crippen molar-refractivity contribution in [3.05, 3.63) is 58.9 Å². The van der Waals surface area contributed by atoms with Crippen molar-refractivity contribution in [1.82, 2.24) is 0 Å². The lowest BCUT2D eigenvalue weighted by atomic mass is 10.1. The molecule has 2 aromatic carbocycles. The molecular formula is C14H11F5Si. The van der Waals surface area contributed by atoms with Gasteiger partial charge in [-0.2, -0.15) is 0 Å². The molecule has 0 bridgehead atoms. The van der Waals surface area contributed by atoms with Crippen LogP contribution in [0.3, 0.4) is 0 Å². The molecule has 0 nitrogen and oxygen atoms in total. The van der Waals surface area contributed by atoms with Gasteiger partial charge in [-0.3, -0.25) is 8.22 Å². The van der Waals surface area contributed by atoms with Crippen LogP contribution in [0.1, 0.15) is 11.1 Å². The van der Waals surface area contributed by atoms with Gasteiger partial charge >= 0.3 is 8.74 Å². The second-order valence-electron chi connectivity index (χ2n) is 4.51. The molecule has 0 saturated heterocycles. The summed E-state index contributed by atoms with van der Waals surface area (Å²) in [7, 11) is -5.41. The van der Waals surface area contributed by atoms with Crippen LogP contribution in [-0.2, 0) is 0 Å². The zero-order valence-electron chi connectivity index (χ0n) is 10.8. The van der Waals surface area contributed by atoms with E-state index in [1.165, 1.54) is 31.2 Å². The van der Waals surface area contributed by atoms with Crippen LogP contribution in [-0.4, -0.2) is 8.74 Å². The zero-order chi connectivity index (χ0) is 15.1. The molecule has 0 fully saturated rings. The molecule has 20 heavy (non-hydrogen) atoms. The van der Waals surface area contributed by atoms with E-state index in [2.05, 4.69) is 0 Å².